The molecule has 1 aliphatic heterocycles. The van der Waals surface area contributed by atoms with Gasteiger partial charge in [0, 0.05) is 26.2 Å². The number of rotatable bonds is 7. The third kappa shape index (κ3) is 6.84. The second kappa shape index (κ2) is 8.05. The Morgan fingerprint density at radius 2 is 2.00 bits per heavy atom. The molecule has 0 saturated carbocycles. The summed E-state index contributed by atoms with van der Waals surface area (Å²) in [5.74, 6) is 0.734. The first-order valence-corrected chi connectivity index (χ1v) is 5.93. The van der Waals surface area contributed by atoms with Crippen molar-refractivity contribution in [3.8, 4) is 0 Å². The molecule has 1 heterocycles. The van der Waals surface area contributed by atoms with Crippen LogP contribution in [-0.2, 0) is 9.47 Å². The fourth-order valence-electron chi connectivity index (χ4n) is 1.42. The molecule has 0 aromatic carbocycles. The van der Waals surface area contributed by atoms with E-state index in [9.17, 15) is 0 Å². The molecule has 90 valence electrons. The van der Waals surface area contributed by atoms with Crippen molar-refractivity contribution in [2.45, 2.75) is 20.3 Å². The molecule has 15 heavy (non-hydrogen) atoms. The van der Waals surface area contributed by atoms with Crippen molar-refractivity contribution in [1.29, 1.82) is 0 Å². The van der Waals surface area contributed by atoms with Crippen LogP contribution in [0.2, 0.25) is 0 Å². The smallest absolute Gasteiger partial charge is 0.0608 e. The van der Waals surface area contributed by atoms with Crippen LogP contribution in [0, 0.1) is 5.92 Å². The van der Waals surface area contributed by atoms with E-state index in [1.165, 1.54) is 0 Å². The van der Waals surface area contributed by atoms with Gasteiger partial charge in [-0.15, -0.1) is 0 Å². The number of morpholine rings is 1. The molecule has 0 aromatic rings. The number of hydrogen-bond acceptors (Lipinski definition) is 4. The van der Waals surface area contributed by atoms with E-state index >= 15 is 0 Å². The van der Waals surface area contributed by atoms with Gasteiger partial charge in [-0.1, -0.05) is 13.8 Å². The van der Waals surface area contributed by atoms with Crippen LogP contribution in [0.4, 0.5) is 0 Å². The van der Waals surface area contributed by atoms with Crippen molar-refractivity contribution in [3.05, 3.63) is 0 Å². The van der Waals surface area contributed by atoms with Crippen molar-refractivity contribution in [1.82, 2.24) is 10.4 Å². The van der Waals surface area contributed by atoms with E-state index in [-0.39, 0.29) is 0 Å². The van der Waals surface area contributed by atoms with Gasteiger partial charge in [-0.2, -0.15) is 0 Å². The summed E-state index contributed by atoms with van der Waals surface area (Å²) >= 11 is 0. The monoisotopic (exact) mass is 216 g/mol. The van der Waals surface area contributed by atoms with Crippen molar-refractivity contribution < 1.29 is 9.47 Å². The second-order valence-corrected chi connectivity index (χ2v) is 4.30. The van der Waals surface area contributed by atoms with E-state index in [4.69, 9.17) is 9.47 Å². The summed E-state index contributed by atoms with van der Waals surface area (Å²) in [4.78, 5) is 0. The highest BCUT2D eigenvalue weighted by molar-refractivity contribution is 4.56. The maximum atomic E-state index is 5.52. The summed E-state index contributed by atoms with van der Waals surface area (Å²) in [5, 5.41) is 2.20. The van der Waals surface area contributed by atoms with Gasteiger partial charge in [0.1, 0.15) is 0 Å². The normalized spacial score (nSPS) is 18.6. The lowest BCUT2D eigenvalue weighted by Gasteiger charge is -2.27. The Kier molecular flexibility index (Phi) is 6.92. The predicted molar refractivity (Wildman–Crippen MR) is 60.7 cm³/mol. The Morgan fingerprint density at radius 3 is 2.67 bits per heavy atom. The second-order valence-electron chi connectivity index (χ2n) is 4.30. The van der Waals surface area contributed by atoms with Gasteiger partial charge in [-0.05, 0) is 12.3 Å². The summed E-state index contributed by atoms with van der Waals surface area (Å²) < 4.78 is 10.8. The fourth-order valence-corrected chi connectivity index (χ4v) is 1.42. The molecule has 1 rings (SSSR count). The van der Waals surface area contributed by atoms with E-state index in [0.717, 1.165) is 58.4 Å². The molecule has 1 aliphatic rings. The van der Waals surface area contributed by atoms with E-state index in [2.05, 4.69) is 24.3 Å². The number of hydrazine groups is 1. The van der Waals surface area contributed by atoms with Crippen LogP contribution in [0.3, 0.4) is 0 Å². The van der Waals surface area contributed by atoms with Gasteiger partial charge in [0.25, 0.3) is 0 Å². The Morgan fingerprint density at radius 1 is 1.27 bits per heavy atom. The van der Waals surface area contributed by atoms with Gasteiger partial charge >= 0.3 is 0 Å². The van der Waals surface area contributed by atoms with Gasteiger partial charge in [0.15, 0.2) is 0 Å². The number of nitrogens with zero attached hydrogens (tertiary/aromatic N) is 1. The van der Waals surface area contributed by atoms with Gasteiger partial charge in [-0.25, -0.2) is 5.01 Å². The fraction of sp³-hybridized carbons (Fsp3) is 1.00. The lowest BCUT2D eigenvalue weighted by Crippen LogP contribution is -2.46. The van der Waals surface area contributed by atoms with Gasteiger partial charge < -0.3 is 9.47 Å². The number of hydrogen-bond donors (Lipinski definition) is 1. The first kappa shape index (κ1) is 12.9. The zero-order chi connectivity index (χ0) is 10.9. The highest BCUT2D eigenvalue weighted by Gasteiger charge is 2.08. The maximum Gasteiger partial charge on any atom is 0.0608 e. The van der Waals surface area contributed by atoms with Crippen LogP contribution in [0.25, 0.3) is 0 Å². The van der Waals surface area contributed by atoms with Crippen LogP contribution in [0.15, 0.2) is 0 Å². The molecule has 0 spiro atoms. The van der Waals surface area contributed by atoms with Crippen LogP contribution < -0.4 is 5.43 Å². The molecule has 0 radical (unpaired) electrons. The van der Waals surface area contributed by atoms with E-state index in [1.807, 2.05) is 0 Å². The Bertz CT molecular complexity index is 148. The highest BCUT2D eigenvalue weighted by Crippen LogP contribution is 1.98. The van der Waals surface area contributed by atoms with Crippen LogP contribution in [-0.4, -0.2) is 51.1 Å². The summed E-state index contributed by atoms with van der Waals surface area (Å²) in [6.07, 6.45) is 1.15. The number of ether oxygens (including phenoxy) is 2. The first-order chi connectivity index (χ1) is 7.29. The van der Waals surface area contributed by atoms with Crippen molar-refractivity contribution in [2.75, 3.05) is 46.1 Å². The largest absolute Gasteiger partial charge is 0.380 e. The lowest BCUT2D eigenvalue weighted by molar-refractivity contribution is 0.00554. The maximum absolute atomic E-state index is 5.52. The van der Waals surface area contributed by atoms with Crippen LogP contribution in [0.1, 0.15) is 20.3 Å². The van der Waals surface area contributed by atoms with Crippen molar-refractivity contribution in [2.24, 2.45) is 5.92 Å². The highest BCUT2D eigenvalue weighted by atomic mass is 16.5. The molecule has 0 bridgehead atoms. The molecule has 1 N–H and O–H groups in total. The van der Waals surface area contributed by atoms with E-state index in [0.29, 0.717) is 0 Å². The molecule has 0 unspecified atom stereocenters. The zero-order valence-corrected chi connectivity index (χ0v) is 10.00. The topological polar surface area (TPSA) is 33.7 Å². The Balaban J connectivity index is 1.83. The molecular weight excluding hydrogens is 192 g/mol. The van der Waals surface area contributed by atoms with Crippen LogP contribution in [0.5, 0.6) is 0 Å². The summed E-state index contributed by atoms with van der Waals surface area (Å²) in [6, 6.07) is 0. The van der Waals surface area contributed by atoms with Gasteiger partial charge in [0.05, 0.1) is 19.8 Å². The van der Waals surface area contributed by atoms with Gasteiger partial charge in [-0.3, -0.25) is 5.43 Å². The third-order valence-corrected chi connectivity index (χ3v) is 2.43. The van der Waals surface area contributed by atoms with E-state index < -0.39 is 0 Å². The molecule has 0 aliphatic carbocycles. The summed E-state index contributed by atoms with van der Waals surface area (Å²) in [6.45, 7) is 10.6. The first-order valence-electron chi connectivity index (χ1n) is 5.93. The molecule has 1 fully saturated rings. The minimum atomic E-state index is 0.734. The minimum Gasteiger partial charge on any atom is -0.380 e. The Labute approximate surface area is 92.9 Å². The molecule has 1 saturated heterocycles. The SMILES string of the molecule is CC(C)CCOCCNN1CCOCC1. The lowest BCUT2D eigenvalue weighted by atomic mass is 10.1. The molecule has 0 atom stereocenters. The predicted octanol–water partition coefficient (Wildman–Crippen LogP) is 0.886. The minimum absolute atomic E-state index is 0.734. The molecule has 0 amide bonds. The van der Waals surface area contributed by atoms with Gasteiger partial charge in [0.2, 0.25) is 0 Å². The average molecular weight is 216 g/mol. The standard InChI is InChI=1S/C11H24N2O2/c1-11(2)3-7-14-8-4-12-13-5-9-15-10-6-13/h11-12H,3-10H2,1-2H3. The zero-order valence-electron chi connectivity index (χ0n) is 10.00. The number of nitrogens with one attached hydrogen (secondary N) is 1. The van der Waals surface area contributed by atoms with E-state index in [1.54, 1.807) is 0 Å². The molecular formula is C11H24N2O2. The van der Waals surface area contributed by atoms with Crippen molar-refractivity contribution in [3.63, 3.8) is 0 Å². The Hall–Kier alpha value is -0.160. The average Bonchev–Trinajstić information content (AvgIpc) is 2.24. The summed E-state index contributed by atoms with van der Waals surface area (Å²) in [7, 11) is 0. The molecule has 0 aromatic heterocycles. The van der Waals surface area contributed by atoms with Crippen LogP contribution >= 0.6 is 0 Å². The quantitative estimate of drug-likeness (QED) is 0.641. The third-order valence-electron chi connectivity index (χ3n) is 2.43. The summed E-state index contributed by atoms with van der Waals surface area (Å²) in [5.41, 5.74) is 3.34. The molecule has 4 nitrogen and oxygen atoms in total. The molecule has 4 heteroatoms. The van der Waals surface area contributed by atoms with Crippen molar-refractivity contribution >= 4 is 0 Å².